The van der Waals surface area contributed by atoms with Crippen LogP contribution in [0.1, 0.15) is 31.6 Å². The first-order valence-corrected chi connectivity index (χ1v) is 7.24. The van der Waals surface area contributed by atoms with E-state index in [1.54, 1.807) is 12.5 Å². The van der Waals surface area contributed by atoms with E-state index in [1.807, 2.05) is 18.7 Å². The molecule has 6 nitrogen and oxygen atoms in total. The summed E-state index contributed by atoms with van der Waals surface area (Å²) in [7, 11) is 3.97. The lowest BCUT2D eigenvalue weighted by molar-refractivity contribution is 0.248. The SMILES string of the molecule is CNC1CCCCC1Cc1nc(-c2cncn2C)no1. The van der Waals surface area contributed by atoms with Gasteiger partial charge < -0.3 is 14.4 Å². The van der Waals surface area contributed by atoms with Crippen LogP contribution in [0.25, 0.3) is 11.5 Å². The maximum atomic E-state index is 5.41. The van der Waals surface area contributed by atoms with Gasteiger partial charge in [0.05, 0.1) is 12.5 Å². The van der Waals surface area contributed by atoms with Crippen LogP contribution in [0.3, 0.4) is 0 Å². The highest BCUT2D eigenvalue weighted by Gasteiger charge is 2.26. The third-order valence-electron chi connectivity index (χ3n) is 4.23. The van der Waals surface area contributed by atoms with E-state index in [2.05, 4.69) is 20.4 Å². The molecule has 0 aliphatic heterocycles. The molecule has 1 saturated carbocycles. The maximum absolute atomic E-state index is 5.41. The second-order valence-corrected chi connectivity index (χ2v) is 5.55. The van der Waals surface area contributed by atoms with Crippen LogP contribution in [0.5, 0.6) is 0 Å². The fraction of sp³-hybridized carbons (Fsp3) is 0.643. The maximum Gasteiger partial charge on any atom is 0.227 e. The number of hydrogen-bond donors (Lipinski definition) is 1. The van der Waals surface area contributed by atoms with E-state index in [9.17, 15) is 0 Å². The predicted octanol–water partition coefficient (Wildman–Crippen LogP) is 1.79. The van der Waals surface area contributed by atoms with Gasteiger partial charge in [-0.2, -0.15) is 4.98 Å². The number of hydrogen-bond acceptors (Lipinski definition) is 5. The van der Waals surface area contributed by atoms with E-state index in [1.165, 1.54) is 25.7 Å². The van der Waals surface area contributed by atoms with E-state index >= 15 is 0 Å². The molecule has 0 bridgehead atoms. The minimum absolute atomic E-state index is 0.566. The Morgan fingerprint density at radius 1 is 1.40 bits per heavy atom. The van der Waals surface area contributed by atoms with Gasteiger partial charge in [-0.05, 0) is 25.8 Å². The summed E-state index contributed by atoms with van der Waals surface area (Å²) in [4.78, 5) is 8.59. The number of aryl methyl sites for hydroxylation is 1. The molecule has 1 aliphatic carbocycles. The molecule has 1 aliphatic rings. The van der Waals surface area contributed by atoms with E-state index in [0.717, 1.165) is 18.0 Å². The van der Waals surface area contributed by atoms with Crippen molar-refractivity contribution in [3.05, 3.63) is 18.4 Å². The fourth-order valence-electron chi connectivity index (χ4n) is 3.07. The zero-order valence-electron chi connectivity index (χ0n) is 12.0. The highest BCUT2D eigenvalue weighted by Crippen LogP contribution is 2.27. The van der Waals surface area contributed by atoms with Crippen molar-refractivity contribution in [3.63, 3.8) is 0 Å². The summed E-state index contributed by atoms with van der Waals surface area (Å²) in [5.41, 5.74) is 0.883. The number of rotatable bonds is 4. The first-order valence-electron chi connectivity index (χ1n) is 7.24. The lowest BCUT2D eigenvalue weighted by atomic mass is 9.82. The number of nitrogens with zero attached hydrogens (tertiary/aromatic N) is 4. The van der Waals surface area contributed by atoms with Crippen molar-refractivity contribution in [1.29, 1.82) is 0 Å². The van der Waals surface area contributed by atoms with Gasteiger partial charge in [-0.1, -0.05) is 18.0 Å². The topological polar surface area (TPSA) is 68.8 Å². The van der Waals surface area contributed by atoms with Crippen molar-refractivity contribution in [2.24, 2.45) is 13.0 Å². The van der Waals surface area contributed by atoms with Gasteiger partial charge in [0.15, 0.2) is 0 Å². The number of aromatic nitrogens is 4. The fourth-order valence-corrected chi connectivity index (χ4v) is 3.07. The van der Waals surface area contributed by atoms with Gasteiger partial charge in [0.1, 0.15) is 5.69 Å². The molecule has 2 atom stereocenters. The third-order valence-corrected chi connectivity index (χ3v) is 4.23. The molecule has 20 heavy (non-hydrogen) atoms. The number of imidazole rings is 1. The van der Waals surface area contributed by atoms with Crippen molar-refractivity contribution in [3.8, 4) is 11.5 Å². The van der Waals surface area contributed by atoms with Crippen LogP contribution in [0.15, 0.2) is 17.0 Å². The first-order chi connectivity index (χ1) is 9.78. The summed E-state index contributed by atoms with van der Waals surface area (Å²) in [6, 6.07) is 0.566. The van der Waals surface area contributed by atoms with Crippen LogP contribution in [0.4, 0.5) is 0 Å². The summed E-state index contributed by atoms with van der Waals surface area (Å²) in [6.07, 6.45) is 9.43. The molecule has 2 heterocycles. The second kappa shape index (κ2) is 5.75. The first kappa shape index (κ1) is 13.3. The molecule has 0 spiro atoms. The smallest absolute Gasteiger partial charge is 0.227 e. The third kappa shape index (κ3) is 2.60. The van der Waals surface area contributed by atoms with Crippen molar-refractivity contribution in [2.45, 2.75) is 38.1 Å². The molecule has 0 amide bonds. The van der Waals surface area contributed by atoms with Gasteiger partial charge in [0.2, 0.25) is 11.7 Å². The molecule has 0 saturated heterocycles. The Labute approximate surface area is 118 Å². The Bertz CT molecular complexity index is 561. The quantitative estimate of drug-likeness (QED) is 0.921. The van der Waals surface area contributed by atoms with Gasteiger partial charge in [0.25, 0.3) is 0 Å². The van der Waals surface area contributed by atoms with Crippen LogP contribution in [0.2, 0.25) is 0 Å². The normalized spacial score (nSPS) is 23.1. The van der Waals surface area contributed by atoms with Crippen LogP contribution < -0.4 is 5.32 Å². The van der Waals surface area contributed by atoms with Gasteiger partial charge >= 0.3 is 0 Å². The van der Waals surface area contributed by atoms with Crippen LogP contribution in [0, 0.1) is 5.92 Å². The van der Waals surface area contributed by atoms with Crippen LogP contribution in [-0.2, 0) is 13.5 Å². The lowest BCUT2D eigenvalue weighted by Crippen LogP contribution is -2.37. The largest absolute Gasteiger partial charge is 0.339 e. The average Bonchev–Trinajstić information content (AvgIpc) is 3.08. The molecule has 6 heteroatoms. The van der Waals surface area contributed by atoms with Gasteiger partial charge in [0, 0.05) is 19.5 Å². The van der Waals surface area contributed by atoms with Crippen molar-refractivity contribution >= 4 is 0 Å². The molecule has 0 radical (unpaired) electrons. The number of nitrogens with one attached hydrogen (secondary N) is 1. The highest BCUT2D eigenvalue weighted by molar-refractivity contribution is 5.46. The van der Waals surface area contributed by atoms with Gasteiger partial charge in [-0.15, -0.1) is 0 Å². The average molecular weight is 275 g/mol. The molecule has 2 aromatic heterocycles. The van der Waals surface area contributed by atoms with Gasteiger partial charge in [-0.3, -0.25) is 0 Å². The molecule has 0 aromatic carbocycles. The summed E-state index contributed by atoms with van der Waals surface area (Å²) in [5.74, 6) is 1.94. The predicted molar refractivity (Wildman–Crippen MR) is 75.0 cm³/mol. The Kier molecular flexibility index (Phi) is 3.82. The molecule has 1 fully saturated rings. The molecule has 1 N–H and O–H groups in total. The van der Waals surface area contributed by atoms with E-state index in [0.29, 0.717) is 17.8 Å². The summed E-state index contributed by atoms with van der Waals surface area (Å²) >= 11 is 0. The standard InChI is InChI=1S/C14H21N5O/c1-15-11-6-4-3-5-10(11)7-13-17-14(18-20-13)12-8-16-9-19(12)2/h8-11,15H,3-7H2,1-2H3. The summed E-state index contributed by atoms with van der Waals surface area (Å²) in [6.45, 7) is 0. The van der Waals surface area contributed by atoms with E-state index in [-0.39, 0.29) is 0 Å². The van der Waals surface area contributed by atoms with Crippen molar-refractivity contribution in [2.75, 3.05) is 7.05 Å². The highest BCUT2D eigenvalue weighted by atomic mass is 16.5. The Hall–Kier alpha value is -1.69. The van der Waals surface area contributed by atoms with E-state index < -0.39 is 0 Å². The molecular formula is C14H21N5O. The summed E-state index contributed by atoms with van der Waals surface area (Å²) < 4.78 is 7.30. The Morgan fingerprint density at radius 3 is 3.00 bits per heavy atom. The minimum atomic E-state index is 0.566. The summed E-state index contributed by atoms with van der Waals surface area (Å²) in [5, 5.41) is 7.48. The molecule has 3 rings (SSSR count). The Balaban J connectivity index is 1.72. The van der Waals surface area contributed by atoms with Crippen molar-refractivity contribution in [1.82, 2.24) is 25.0 Å². The molecule has 108 valence electrons. The monoisotopic (exact) mass is 275 g/mol. The second-order valence-electron chi connectivity index (χ2n) is 5.55. The van der Waals surface area contributed by atoms with Crippen LogP contribution in [-0.4, -0.2) is 32.8 Å². The zero-order valence-corrected chi connectivity index (χ0v) is 12.0. The molecular weight excluding hydrogens is 254 g/mol. The zero-order chi connectivity index (χ0) is 13.9. The van der Waals surface area contributed by atoms with Crippen molar-refractivity contribution < 1.29 is 4.52 Å². The lowest BCUT2D eigenvalue weighted by Gasteiger charge is -2.30. The molecule has 2 unspecified atom stereocenters. The minimum Gasteiger partial charge on any atom is -0.339 e. The van der Waals surface area contributed by atoms with Crippen LogP contribution >= 0.6 is 0 Å². The van der Waals surface area contributed by atoms with Gasteiger partial charge in [-0.25, -0.2) is 4.98 Å². The van der Waals surface area contributed by atoms with E-state index in [4.69, 9.17) is 4.52 Å². The molecule has 2 aromatic rings. The Morgan fingerprint density at radius 2 is 2.25 bits per heavy atom.